The molecule has 0 bridgehead atoms. The molecule has 21 heavy (non-hydrogen) atoms. The molecule has 1 aliphatic rings. The molecule has 1 atom stereocenters. The molecule has 0 saturated carbocycles. The lowest BCUT2D eigenvalue weighted by Gasteiger charge is -2.32. The quantitative estimate of drug-likeness (QED) is 0.868. The molecule has 2 aromatic rings. The molecule has 0 amide bonds. The van der Waals surface area contributed by atoms with Crippen molar-refractivity contribution in [2.75, 3.05) is 24.6 Å². The number of anilines is 1. The first-order chi connectivity index (χ1) is 10.3. The average molecular weight is 287 g/mol. The number of morpholine rings is 1. The van der Waals surface area contributed by atoms with Gasteiger partial charge in [0.15, 0.2) is 0 Å². The minimum atomic E-state index is 0.273. The van der Waals surface area contributed by atoms with Gasteiger partial charge in [-0.25, -0.2) is 9.97 Å². The molecule has 2 N–H and O–H groups in total. The summed E-state index contributed by atoms with van der Waals surface area (Å²) in [5.74, 6) is 1.97. The topological polar surface area (TPSA) is 66.1 Å². The van der Waals surface area contributed by atoms with Crippen molar-refractivity contribution in [3.8, 4) is 0 Å². The van der Waals surface area contributed by atoms with Crippen molar-refractivity contribution >= 4 is 5.82 Å². The van der Waals surface area contributed by atoms with E-state index in [1.54, 1.807) is 6.20 Å². The molecule has 0 radical (unpaired) electrons. The predicted octanol–water partition coefficient (Wildman–Crippen LogP) is 1.32. The van der Waals surface area contributed by atoms with Crippen LogP contribution >= 0.6 is 0 Å². The van der Waals surface area contributed by atoms with Crippen LogP contribution in [0.3, 0.4) is 0 Å². The second kappa shape index (κ2) is 6.69. The van der Waals surface area contributed by atoms with E-state index in [9.17, 15) is 0 Å². The number of pyridine rings is 1. The summed E-state index contributed by atoms with van der Waals surface area (Å²) < 4.78 is 5.55. The number of ether oxygens (including phenoxy) is 1. The fourth-order valence-electron chi connectivity index (χ4n) is 2.45. The maximum atomic E-state index is 5.55. The highest BCUT2D eigenvalue weighted by molar-refractivity contribution is 5.39. The number of rotatable bonds is 5. The highest BCUT2D eigenvalue weighted by Crippen LogP contribution is 2.15. The molecule has 0 spiro atoms. The zero-order chi connectivity index (χ0) is 14.5. The number of hydrogen-bond donors (Lipinski definition) is 2. The third-order valence-electron chi connectivity index (χ3n) is 3.55. The molecule has 0 aromatic carbocycles. The molecule has 1 fully saturated rings. The van der Waals surface area contributed by atoms with Crippen LogP contribution in [0.1, 0.15) is 18.3 Å². The number of hydrogen-bond acceptors (Lipinski definition) is 5. The second-order valence-corrected chi connectivity index (χ2v) is 5.29. The van der Waals surface area contributed by atoms with Gasteiger partial charge in [-0.2, -0.15) is 0 Å². The van der Waals surface area contributed by atoms with Gasteiger partial charge in [-0.15, -0.1) is 0 Å². The number of nitrogens with zero attached hydrogens (tertiary/aromatic N) is 3. The van der Waals surface area contributed by atoms with Crippen LogP contribution in [0.15, 0.2) is 30.7 Å². The average Bonchev–Trinajstić information content (AvgIpc) is 3.01. The van der Waals surface area contributed by atoms with E-state index in [0.29, 0.717) is 0 Å². The van der Waals surface area contributed by atoms with Crippen LogP contribution in [0, 0.1) is 0 Å². The summed E-state index contributed by atoms with van der Waals surface area (Å²) in [4.78, 5) is 14.1. The largest absolute Gasteiger partial charge is 0.375 e. The lowest BCUT2D eigenvalue weighted by molar-refractivity contribution is 0.0529. The van der Waals surface area contributed by atoms with E-state index in [1.807, 2.05) is 12.4 Å². The summed E-state index contributed by atoms with van der Waals surface area (Å²) >= 11 is 0. The summed E-state index contributed by atoms with van der Waals surface area (Å²) in [6, 6.07) is 4.21. The molecule has 3 heterocycles. The van der Waals surface area contributed by atoms with E-state index in [4.69, 9.17) is 4.74 Å². The van der Waals surface area contributed by atoms with E-state index in [2.05, 4.69) is 44.2 Å². The summed E-state index contributed by atoms with van der Waals surface area (Å²) in [6.07, 6.45) is 5.80. The Bertz CT molecular complexity index is 540. The van der Waals surface area contributed by atoms with Gasteiger partial charge >= 0.3 is 0 Å². The van der Waals surface area contributed by atoms with Crippen LogP contribution in [-0.2, 0) is 17.8 Å². The Balaban J connectivity index is 1.51. The zero-order valence-electron chi connectivity index (χ0n) is 12.2. The Labute approximate surface area is 124 Å². The lowest BCUT2D eigenvalue weighted by atomic mass is 10.2. The van der Waals surface area contributed by atoms with Crippen molar-refractivity contribution in [3.05, 3.63) is 42.1 Å². The van der Waals surface area contributed by atoms with Crippen LogP contribution in [0.4, 0.5) is 5.82 Å². The fourth-order valence-corrected chi connectivity index (χ4v) is 2.45. The van der Waals surface area contributed by atoms with Crippen molar-refractivity contribution in [2.24, 2.45) is 0 Å². The van der Waals surface area contributed by atoms with Crippen molar-refractivity contribution < 1.29 is 4.74 Å². The van der Waals surface area contributed by atoms with Crippen molar-refractivity contribution in [2.45, 2.75) is 26.1 Å². The van der Waals surface area contributed by atoms with Gasteiger partial charge in [0.05, 0.1) is 19.3 Å². The normalized spacial score (nSPS) is 18.9. The minimum absolute atomic E-state index is 0.273. The molecule has 112 valence electrons. The van der Waals surface area contributed by atoms with Crippen LogP contribution in [0.25, 0.3) is 0 Å². The molecular weight excluding hydrogens is 266 g/mol. The van der Waals surface area contributed by atoms with Gasteiger partial charge in [0, 0.05) is 38.2 Å². The minimum Gasteiger partial charge on any atom is -0.375 e. The molecular formula is C15H21N5O. The molecule has 6 nitrogen and oxygen atoms in total. The van der Waals surface area contributed by atoms with E-state index in [1.165, 1.54) is 5.56 Å². The highest BCUT2D eigenvalue weighted by atomic mass is 16.5. The van der Waals surface area contributed by atoms with Crippen LogP contribution < -0.4 is 10.2 Å². The number of imidazole rings is 1. The van der Waals surface area contributed by atoms with Gasteiger partial charge in [-0.05, 0) is 18.6 Å². The van der Waals surface area contributed by atoms with E-state index >= 15 is 0 Å². The highest BCUT2D eigenvalue weighted by Gasteiger charge is 2.17. The smallest absolute Gasteiger partial charge is 0.128 e. The van der Waals surface area contributed by atoms with Crippen molar-refractivity contribution in [3.63, 3.8) is 0 Å². The van der Waals surface area contributed by atoms with Gasteiger partial charge in [0.1, 0.15) is 11.6 Å². The second-order valence-electron chi connectivity index (χ2n) is 5.29. The van der Waals surface area contributed by atoms with Crippen molar-refractivity contribution in [1.82, 2.24) is 20.3 Å². The van der Waals surface area contributed by atoms with Gasteiger partial charge in [0.2, 0.25) is 0 Å². The van der Waals surface area contributed by atoms with E-state index in [0.717, 1.165) is 44.4 Å². The lowest BCUT2D eigenvalue weighted by Crippen LogP contribution is -2.41. The Morgan fingerprint density at radius 3 is 3.05 bits per heavy atom. The first kappa shape index (κ1) is 14.0. The number of aromatic amines is 1. The van der Waals surface area contributed by atoms with Gasteiger partial charge in [-0.1, -0.05) is 6.07 Å². The summed E-state index contributed by atoms with van der Waals surface area (Å²) in [5, 5.41) is 3.34. The predicted molar refractivity (Wildman–Crippen MR) is 81.0 cm³/mol. The number of nitrogens with one attached hydrogen (secondary N) is 2. The molecule has 6 heteroatoms. The zero-order valence-corrected chi connectivity index (χ0v) is 12.2. The van der Waals surface area contributed by atoms with Gasteiger partial charge in [-0.3, -0.25) is 0 Å². The monoisotopic (exact) mass is 287 g/mol. The Hall–Kier alpha value is -1.92. The summed E-state index contributed by atoms with van der Waals surface area (Å²) in [6.45, 7) is 6.20. The Kier molecular flexibility index (Phi) is 4.47. The SMILES string of the molecule is CC1CN(c2ccc(CNCc3ncc[nH]3)cn2)CCO1. The van der Waals surface area contributed by atoms with Crippen LogP contribution in [0.5, 0.6) is 0 Å². The van der Waals surface area contributed by atoms with Crippen molar-refractivity contribution in [1.29, 1.82) is 0 Å². The maximum Gasteiger partial charge on any atom is 0.128 e. The third kappa shape index (κ3) is 3.80. The van der Waals surface area contributed by atoms with E-state index in [-0.39, 0.29) is 6.10 Å². The molecule has 1 unspecified atom stereocenters. The number of H-pyrrole nitrogens is 1. The summed E-state index contributed by atoms with van der Waals surface area (Å²) in [7, 11) is 0. The summed E-state index contributed by atoms with van der Waals surface area (Å²) in [5.41, 5.74) is 1.17. The fraction of sp³-hybridized carbons (Fsp3) is 0.467. The first-order valence-electron chi connectivity index (χ1n) is 7.32. The molecule has 1 aliphatic heterocycles. The molecule has 2 aromatic heterocycles. The molecule has 1 saturated heterocycles. The van der Waals surface area contributed by atoms with Gasteiger partial charge < -0.3 is 19.9 Å². The maximum absolute atomic E-state index is 5.55. The number of aromatic nitrogens is 3. The standard InChI is InChI=1S/C15H21N5O/c1-12-11-20(6-7-21-12)15-3-2-13(9-19-15)8-16-10-14-17-4-5-18-14/h2-5,9,12,16H,6-8,10-11H2,1H3,(H,17,18). The Morgan fingerprint density at radius 2 is 2.33 bits per heavy atom. The molecule has 3 rings (SSSR count). The Morgan fingerprint density at radius 1 is 1.38 bits per heavy atom. The third-order valence-corrected chi connectivity index (χ3v) is 3.55. The first-order valence-corrected chi connectivity index (χ1v) is 7.32. The van der Waals surface area contributed by atoms with E-state index < -0.39 is 0 Å². The van der Waals surface area contributed by atoms with Crippen LogP contribution in [-0.4, -0.2) is 40.8 Å². The van der Waals surface area contributed by atoms with Crippen LogP contribution in [0.2, 0.25) is 0 Å². The molecule has 0 aliphatic carbocycles. The van der Waals surface area contributed by atoms with Gasteiger partial charge in [0.25, 0.3) is 0 Å².